The molecular formula is C26H29FN4O5S. The average Bonchev–Trinajstić information content (AvgIpc) is 3.44. The summed E-state index contributed by atoms with van der Waals surface area (Å²) in [6.45, 7) is 2.34. The lowest BCUT2D eigenvalue weighted by atomic mass is 10.1. The van der Waals surface area contributed by atoms with Crippen LogP contribution in [-0.2, 0) is 19.2 Å². The van der Waals surface area contributed by atoms with E-state index in [2.05, 4.69) is 19.6 Å². The molecular weight excluding hydrogens is 499 g/mol. The number of fused-ring (bicyclic) bond motifs is 2. The third-order valence-electron chi connectivity index (χ3n) is 7.08. The summed E-state index contributed by atoms with van der Waals surface area (Å²) in [5, 5.41) is 14.1. The molecule has 4 atom stereocenters. The molecule has 3 fully saturated rings. The summed E-state index contributed by atoms with van der Waals surface area (Å²) in [6, 6.07) is 7.96. The van der Waals surface area contributed by atoms with Crippen molar-refractivity contribution in [3.63, 3.8) is 0 Å². The number of aliphatic hydroxyl groups excluding tert-OH is 1. The lowest BCUT2D eigenvalue weighted by Gasteiger charge is -2.21. The predicted octanol–water partition coefficient (Wildman–Crippen LogP) is 4.01. The predicted molar refractivity (Wildman–Crippen MR) is 138 cm³/mol. The van der Waals surface area contributed by atoms with E-state index in [1.54, 1.807) is 6.07 Å². The van der Waals surface area contributed by atoms with Gasteiger partial charge in [-0.05, 0) is 49.6 Å². The number of ether oxygens (including phenoxy) is 3. The number of nitrogens with one attached hydrogen (secondary N) is 1. The minimum Gasteiger partial charge on any atom is -0.483 e. The molecule has 11 heteroatoms. The maximum atomic E-state index is 14.2. The SMILES string of the molecule is Cc1cc(N=S2(=O)CCCCC2)cc2ncnc(Nc3ccc(F)cc3O[C@@H]3CO[C@H]4[C@@H]3OC[C@H]4O)c12. The van der Waals surface area contributed by atoms with Gasteiger partial charge < -0.3 is 24.6 Å². The fourth-order valence-electron chi connectivity index (χ4n) is 5.27. The second-order valence-electron chi connectivity index (χ2n) is 9.80. The summed E-state index contributed by atoms with van der Waals surface area (Å²) < 4.78 is 49.4. The first-order valence-corrected chi connectivity index (χ1v) is 14.4. The van der Waals surface area contributed by atoms with Gasteiger partial charge in [0.05, 0.1) is 39.8 Å². The summed E-state index contributed by atoms with van der Waals surface area (Å²) in [5.74, 6) is 1.62. The van der Waals surface area contributed by atoms with E-state index in [0.29, 0.717) is 34.2 Å². The fraction of sp³-hybridized carbons (Fsp3) is 0.462. The number of rotatable bonds is 5. The molecule has 2 N–H and O–H groups in total. The minimum atomic E-state index is -2.24. The van der Waals surface area contributed by atoms with Crippen LogP contribution in [0.25, 0.3) is 10.9 Å². The van der Waals surface area contributed by atoms with Crippen LogP contribution >= 0.6 is 0 Å². The van der Waals surface area contributed by atoms with Gasteiger partial charge in [-0.25, -0.2) is 18.6 Å². The zero-order valence-corrected chi connectivity index (χ0v) is 21.2. The number of anilines is 2. The molecule has 196 valence electrons. The third-order valence-corrected chi connectivity index (χ3v) is 9.47. The van der Waals surface area contributed by atoms with Crippen LogP contribution in [0.4, 0.5) is 21.6 Å². The first kappa shape index (κ1) is 24.5. The van der Waals surface area contributed by atoms with Crippen molar-refractivity contribution in [3.8, 4) is 5.75 Å². The zero-order valence-electron chi connectivity index (χ0n) is 20.4. The van der Waals surface area contributed by atoms with Gasteiger partial charge in [-0.3, -0.25) is 0 Å². The number of aliphatic hydroxyl groups is 1. The molecule has 0 aliphatic carbocycles. The van der Waals surface area contributed by atoms with Crippen molar-refractivity contribution in [1.82, 2.24) is 9.97 Å². The van der Waals surface area contributed by atoms with E-state index >= 15 is 0 Å². The molecule has 0 bridgehead atoms. The first-order chi connectivity index (χ1) is 17.9. The summed E-state index contributed by atoms with van der Waals surface area (Å²) in [6.07, 6.45) is 2.36. The Hall–Kier alpha value is -2.86. The van der Waals surface area contributed by atoms with E-state index in [4.69, 9.17) is 14.2 Å². The second-order valence-corrected chi connectivity index (χ2v) is 12.3. The van der Waals surface area contributed by atoms with Gasteiger partial charge in [-0.2, -0.15) is 4.36 Å². The van der Waals surface area contributed by atoms with Crippen molar-refractivity contribution in [2.75, 3.05) is 30.0 Å². The molecule has 2 aromatic carbocycles. The quantitative estimate of drug-likeness (QED) is 0.511. The molecule has 0 radical (unpaired) electrons. The van der Waals surface area contributed by atoms with Gasteiger partial charge in [0, 0.05) is 23.0 Å². The van der Waals surface area contributed by atoms with E-state index in [0.717, 1.165) is 30.2 Å². The fourth-order valence-corrected chi connectivity index (χ4v) is 7.46. The van der Waals surface area contributed by atoms with Gasteiger partial charge in [0.25, 0.3) is 0 Å². The Morgan fingerprint density at radius 3 is 2.76 bits per heavy atom. The first-order valence-electron chi connectivity index (χ1n) is 12.5. The highest BCUT2D eigenvalue weighted by atomic mass is 32.2. The van der Waals surface area contributed by atoms with Crippen LogP contribution in [-0.4, -0.2) is 68.4 Å². The molecule has 9 nitrogen and oxygen atoms in total. The molecule has 3 aliphatic rings. The number of halogens is 1. The van der Waals surface area contributed by atoms with E-state index in [1.165, 1.54) is 18.5 Å². The normalized spacial score (nSPS) is 26.7. The van der Waals surface area contributed by atoms with Crippen LogP contribution in [0, 0.1) is 12.7 Å². The lowest BCUT2D eigenvalue weighted by molar-refractivity contribution is 0.00871. The summed E-state index contributed by atoms with van der Waals surface area (Å²) in [5.41, 5.74) is 2.71. The van der Waals surface area contributed by atoms with E-state index in [9.17, 15) is 13.7 Å². The smallest absolute Gasteiger partial charge is 0.151 e. The van der Waals surface area contributed by atoms with Crippen LogP contribution in [0.2, 0.25) is 0 Å². The second kappa shape index (κ2) is 9.79. The summed E-state index contributed by atoms with van der Waals surface area (Å²) >= 11 is 0. The molecule has 3 saturated heterocycles. The molecule has 4 heterocycles. The maximum absolute atomic E-state index is 14.2. The van der Waals surface area contributed by atoms with Crippen molar-refractivity contribution >= 4 is 37.8 Å². The number of aromatic nitrogens is 2. The number of nitrogens with zero attached hydrogens (tertiary/aromatic N) is 3. The Morgan fingerprint density at radius 1 is 1.11 bits per heavy atom. The molecule has 0 amide bonds. The molecule has 0 spiro atoms. The molecule has 37 heavy (non-hydrogen) atoms. The van der Waals surface area contributed by atoms with Crippen LogP contribution in [0.5, 0.6) is 5.75 Å². The van der Waals surface area contributed by atoms with Crippen molar-refractivity contribution in [3.05, 3.63) is 48.0 Å². The zero-order chi connectivity index (χ0) is 25.6. The van der Waals surface area contributed by atoms with Crippen LogP contribution in [0.3, 0.4) is 0 Å². The highest BCUT2D eigenvalue weighted by Gasteiger charge is 2.48. The maximum Gasteiger partial charge on any atom is 0.151 e. The number of aryl methyl sites for hydroxylation is 1. The Bertz CT molecular complexity index is 1450. The Kier molecular flexibility index (Phi) is 6.47. The Morgan fingerprint density at radius 2 is 1.92 bits per heavy atom. The molecule has 3 aromatic rings. The van der Waals surface area contributed by atoms with Crippen LogP contribution < -0.4 is 10.1 Å². The monoisotopic (exact) mass is 528 g/mol. The van der Waals surface area contributed by atoms with Crippen LogP contribution in [0.1, 0.15) is 24.8 Å². The van der Waals surface area contributed by atoms with Gasteiger partial charge in [-0.1, -0.05) is 6.42 Å². The van der Waals surface area contributed by atoms with Gasteiger partial charge in [0.15, 0.2) is 6.10 Å². The molecule has 0 saturated carbocycles. The van der Waals surface area contributed by atoms with Crippen molar-refractivity contribution in [2.45, 2.75) is 50.6 Å². The minimum absolute atomic E-state index is 0.179. The van der Waals surface area contributed by atoms with E-state index in [-0.39, 0.29) is 19.0 Å². The molecule has 0 unspecified atom stereocenters. The van der Waals surface area contributed by atoms with Gasteiger partial charge in [0.2, 0.25) is 0 Å². The third kappa shape index (κ3) is 4.88. The van der Waals surface area contributed by atoms with Crippen molar-refractivity contribution in [2.24, 2.45) is 4.36 Å². The van der Waals surface area contributed by atoms with Crippen molar-refractivity contribution in [1.29, 1.82) is 0 Å². The number of hydrogen-bond donors (Lipinski definition) is 2. The standard InChI is InChI=1S/C26H29FN4O5S/c1-15-9-17(31-37(33)7-3-2-4-8-37)11-19-23(15)26(29-14-28-19)30-18-6-5-16(27)10-21(18)36-22-13-35-24-20(32)12-34-25(22)24/h5-6,9-11,14,20,22,24-25,32H,2-4,7-8,12-13H2,1H3,(H,28,29,30)/t20-,22-,24-,25-/m1/s1. The lowest BCUT2D eigenvalue weighted by Crippen LogP contribution is -2.34. The largest absolute Gasteiger partial charge is 0.483 e. The Balaban J connectivity index is 1.31. The van der Waals surface area contributed by atoms with E-state index in [1.807, 2.05) is 19.1 Å². The summed E-state index contributed by atoms with van der Waals surface area (Å²) in [7, 11) is -2.24. The van der Waals surface area contributed by atoms with Crippen molar-refractivity contribution < 1.29 is 27.9 Å². The molecule has 1 aromatic heterocycles. The average molecular weight is 529 g/mol. The highest BCUT2D eigenvalue weighted by Crippen LogP contribution is 2.36. The highest BCUT2D eigenvalue weighted by molar-refractivity contribution is 7.93. The molecule has 3 aliphatic heterocycles. The topological polar surface area (TPSA) is 115 Å². The summed E-state index contributed by atoms with van der Waals surface area (Å²) in [4.78, 5) is 8.87. The van der Waals surface area contributed by atoms with Gasteiger partial charge in [0.1, 0.15) is 42.0 Å². The van der Waals surface area contributed by atoms with Gasteiger partial charge in [-0.15, -0.1) is 0 Å². The number of benzene rings is 2. The van der Waals surface area contributed by atoms with E-state index < -0.39 is 40.0 Å². The Labute approximate surface area is 214 Å². The van der Waals surface area contributed by atoms with Crippen LogP contribution in [0.15, 0.2) is 41.0 Å². The number of hydrogen-bond acceptors (Lipinski definition) is 9. The van der Waals surface area contributed by atoms with Gasteiger partial charge >= 0.3 is 0 Å². The molecule has 6 rings (SSSR count).